The first-order valence-corrected chi connectivity index (χ1v) is 4.12. The van der Waals surface area contributed by atoms with Gasteiger partial charge in [0.05, 0.1) is 0 Å². The standard InChI is InChI=1S/C9H18N2O/c1-7(2)6-9(12)11(5)10-8(3)4/h6,8,10H,1-5H3. The second kappa shape index (κ2) is 4.93. The SMILES string of the molecule is CC(C)=CC(=O)N(C)NC(C)C. The number of hydrogen-bond donors (Lipinski definition) is 1. The van der Waals surface area contributed by atoms with Gasteiger partial charge < -0.3 is 0 Å². The number of nitrogens with zero attached hydrogens (tertiary/aromatic N) is 1. The van der Waals surface area contributed by atoms with Crippen LogP contribution in [0.15, 0.2) is 11.6 Å². The van der Waals surface area contributed by atoms with Crippen molar-refractivity contribution in [2.24, 2.45) is 0 Å². The molecular weight excluding hydrogens is 152 g/mol. The molecule has 0 aliphatic rings. The number of allylic oxidation sites excluding steroid dienone is 1. The molecule has 0 aromatic heterocycles. The second-order valence-electron chi connectivity index (χ2n) is 3.40. The summed E-state index contributed by atoms with van der Waals surface area (Å²) in [6.45, 7) is 7.79. The molecule has 70 valence electrons. The van der Waals surface area contributed by atoms with Gasteiger partial charge in [-0.15, -0.1) is 0 Å². The molecule has 0 fully saturated rings. The van der Waals surface area contributed by atoms with Gasteiger partial charge in [-0.3, -0.25) is 9.80 Å². The van der Waals surface area contributed by atoms with Gasteiger partial charge in [0.1, 0.15) is 0 Å². The van der Waals surface area contributed by atoms with Crippen LogP contribution in [-0.2, 0) is 4.79 Å². The van der Waals surface area contributed by atoms with Gasteiger partial charge in [0.25, 0.3) is 5.91 Å². The van der Waals surface area contributed by atoms with Gasteiger partial charge in [0.15, 0.2) is 0 Å². The van der Waals surface area contributed by atoms with Crippen molar-refractivity contribution >= 4 is 5.91 Å². The summed E-state index contributed by atoms with van der Waals surface area (Å²) in [5, 5.41) is 1.50. The fourth-order valence-electron chi connectivity index (χ4n) is 0.795. The zero-order chi connectivity index (χ0) is 9.72. The van der Waals surface area contributed by atoms with E-state index < -0.39 is 0 Å². The molecule has 0 rings (SSSR count). The maximum Gasteiger partial charge on any atom is 0.260 e. The first-order chi connectivity index (χ1) is 5.43. The summed E-state index contributed by atoms with van der Waals surface area (Å²) >= 11 is 0. The maximum absolute atomic E-state index is 11.3. The minimum atomic E-state index is -0.0105. The smallest absolute Gasteiger partial charge is 0.260 e. The molecule has 0 atom stereocenters. The molecule has 0 saturated carbocycles. The minimum Gasteiger partial charge on any atom is -0.277 e. The van der Waals surface area contributed by atoms with E-state index in [9.17, 15) is 4.79 Å². The first-order valence-electron chi connectivity index (χ1n) is 4.12. The highest BCUT2D eigenvalue weighted by atomic mass is 16.2. The zero-order valence-electron chi connectivity index (χ0n) is 8.51. The van der Waals surface area contributed by atoms with Crippen LogP contribution in [0.25, 0.3) is 0 Å². The molecule has 0 unspecified atom stereocenters. The van der Waals surface area contributed by atoms with Crippen molar-refractivity contribution in [1.29, 1.82) is 0 Å². The highest BCUT2D eigenvalue weighted by molar-refractivity contribution is 5.87. The predicted molar refractivity (Wildman–Crippen MR) is 50.5 cm³/mol. The molecule has 0 aliphatic heterocycles. The normalized spacial score (nSPS) is 9.83. The summed E-state index contributed by atoms with van der Waals surface area (Å²) in [7, 11) is 1.72. The lowest BCUT2D eigenvalue weighted by molar-refractivity contribution is -0.128. The third-order valence-corrected chi connectivity index (χ3v) is 1.19. The topological polar surface area (TPSA) is 32.3 Å². The van der Waals surface area contributed by atoms with Gasteiger partial charge in [-0.05, 0) is 27.7 Å². The predicted octanol–water partition coefficient (Wildman–Crippen LogP) is 1.32. The van der Waals surface area contributed by atoms with Crippen molar-refractivity contribution in [3.63, 3.8) is 0 Å². The van der Waals surface area contributed by atoms with Crippen LogP contribution in [0.5, 0.6) is 0 Å². The van der Waals surface area contributed by atoms with Gasteiger partial charge in [0.2, 0.25) is 0 Å². The number of hydrazine groups is 1. The Morgan fingerprint density at radius 2 is 1.92 bits per heavy atom. The summed E-state index contributed by atoms with van der Waals surface area (Å²) in [5.74, 6) is -0.0105. The molecule has 1 amide bonds. The van der Waals surface area contributed by atoms with E-state index in [0.29, 0.717) is 0 Å². The molecular formula is C9H18N2O. The van der Waals surface area contributed by atoms with E-state index in [-0.39, 0.29) is 11.9 Å². The number of amides is 1. The molecule has 3 heteroatoms. The Balaban J connectivity index is 4.02. The lowest BCUT2D eigenvalue weighted by Gasteiger charge is -2.19. The molecule has 12 heavy (non-hydrogen) atoms. The van der Waals surface area contributed by atoms with Gasteiger partial charge in [0, 0.05) is 19.2 Å². The zero-order valence-corrected chi connectivity index (χ0v) is 8.51. The average Bonchev–Trinajstić information content (AvgIpc) is 1.84. The molecule has 0 aromatic carbocycles. The van der Waals surface area contributed by atoms with Crippen molar-refractivity contribution < 1.29 is 4.79 Å². The van der Waals surface area contributed by atoms with Crippen LogP contribution in [0.3, 0.4) is 0 Å². The van der Waals surface area contributed by atoms with E-state index >= 15 is 0 Å². The van der Waals surface area contributed by atoms with Crippen LogP contribution in [-0.4, -0.2) is 24.0 Å². The summed E-state index contributed by atoms with van der Waals surface area (Å²) in [5.41, 5.74) is 4.00. The summed E-state index contributed by atoms with van der Waals surface area (Å²) < 4.78 is 0. The highest BCUT2D eigenvalue weighted by Gasteiger charge is 2.05. The number of hydrogen-bond acceptors (Lipinski definition) is 2. The van der Waals surface area contributed by atoms with Gasteiger partial charge in [-0.1, -0.05) is 5.57 Å². The van der Waals surface area contributed by atoms with Crippen LogP contribution in [0.4, 0.5) is 0 Å². The van der Waals surface area contributed by atoms with E-state index in [4.69, 9.17) is 0 Å². The van der Waals surface area contributed by atoms with E-state index in [1.54, 1.807) is 13.1 Å². The van der Waals surface area contributed by atoms with E-state index in [0.717, 1.165) is 5.57 Å². The maximum atomic E-state index is 11.3. The van der Waals surface area contributed by atoms with Gasteiger partial charge >= 0.3 is 0 Å². The fourth-order valence-corrected chi connectivity index (χ4v) is 0.795. The largest absolute Gasteiger partial charge is 0.277 e. The molecule has 0 heterocycles. The Kier molecular flexibility index (Phi) is 4.59. The molecule has 0 saturated heterocycles. The second-order valence-corrected chi connectivity index (χ2v) is 3.40. The number of likely N-dealkylation sites (N-methyl/N-ethyl adjacent to an activating group) is 1. The Labute approximate surface area is 74.4 Å². The average molecular weight is 170 g/mol. The third-order valence-electron chi connectivity index (χ3n) is 1.19. The number of carbonyl (C=O) groups excluding carboxylic acids is 1. The monoisotopic (exact) mass is 170 g/mol. The lowest BCUT2D eigenvalue weighted by Crippen LogP contribution is -2.42. The number of rotatable bonds is 3. The Morgan fingerprint density at radius 3 is 2.25 bits per heavy atom. The van der Waals surface area contributed by atoms with Gasteiger partial charge in [-0.25, -0.2) is 5.43 Å². The molecule has 0 bridgehead atoms. The first kappa shape index (κ1) is 11.2. The fraction of sp³-hybridized carbons (Fsp3) is 0.667. The molecule has 0 spiro atoms. The van der Waals surface area contributed by atoms with E-state index in [2.05, 4.69) is 5.43 Å². The van der Waals surface area contributed by atoms with E-state index in [1.165, 1.54) is 5.01 Å². The third kappa shape index (κ3) is 4.91. The van der Waals surface area contributed by atoms with Crippen LogP contribution in [0.1, 0.15) is 27.7 Å². The molecule has 0 aromatic rings. The molecule has 0 radical (unpaired) electrons. The Morgan fingerprint density at radius 1 is 1.42 bits per heavy atom. The van der Waals surface area contributed by atoms with Crippen molar-refractivity contribution in [3.8, 4) is 0 Å². The minimum absolute atomic E-state index is 0.0105. The Bertz CT molecular complexity index is 181. The Hall–Kier alpha value is -0.830. The van der Waals surface area contributed by atoms with Crippen molar-refractivity contribution in [1.82, 2.24) is 10.4 Å². The van der Waals surface area contributed by atoms with Crippen LogP contribution < -0.4 is 5.43 Å². The van der Waals surface area contributed by atoms with Crippen molar-refractivity contribution in [2.75, 3.05) is 7.05 Å². The van der Waals surface area contributed by atoms with Crippen LogP contribution in [0, 0.1) is 0 Å². The summed E-state index contributed by atoms with van der Waals surface area (Å²) in [6, 6.07) is 0.282. The molecule has 3 nitrogen and oxygen atoms in total. The van der Waals surface area contributed by atoms with Crippen molar-refractivity contribution in [3.05, 3.63) is 11.6 Å². The number of nitrogens with one attached hydrogen (secondary N) is 1. The summed E-state index contributed by atoms with van der Waals surface area (Å²) in [4.78, 5) is 11.3. The van der Waals surface area contributed by atoms with Crippen LogP contribution in [0.2, 0.25) is 0 Å². The summed E-state index contributed by atoms with van der Waals surface area (Å²) in [6.07, 6.45) is 1.61. The molecule has 0 aliphatic carbocycles. The highest BCUT2D eigenvalue weighted by Crippen LogP contribution is 1.92. The van der Waals surface area contributed by atoms with Crippen molar-refractivity contribution in [2.45, 2.75) is 33.7 Å². The molecule has 1 N–H and O–H groups in total. The lowest BCUT2D eigenvalue weighted by atomic mass is 10.3. The quantitative estimate of drug-likeness (QED) is 0.512. The van der Waals surface area contributed by atoms with E-state index in [1.807, 2.05) is 27.7 Å². The van der Waals surface area contributed by atoms with Crippen LogP contribution >= 0.6 is 0 Å². The number of carbonyl (C=O) groups is 1. The van der Waals surface area contributed by atoms with Gasteiger partial charge in [-0.2, -0.15) is 0 Å².